The van der Waals surface area contributed by atoms with E-state index in [1.54, 1.807) is 11.3 Å². The first-order valence-corrected chi connectivity index (χ1v) is 12.9. The summed E-state index contributed by atoms with van der Waals surface area (Å²) in [5.74, 6) is -1.42. The summed E-state index contributed by atoms with van der Waals surface area (Å²) in [5.41, 5.74) is 1.61. The Morgan fingerprint density at radius 2 is 1.94 bits per heavy atom. The number of benzene rings is 1. The van der Waals surface area contributed by atoms with Gasteiger partial charge < -0.3 is 10.4 Å². The van der Waals surface area contributed by atoms with Gasteiger partial charge in [-0.25, -0.2) is 9.78 Å². The Bertz CT molecular complexity index is 987. The zero-order chi connectivity index (χ0) is 24.7. The molecule has 1 aromatic heterocycles. The minimum atomic E-state index is -1.15. The molecule has 184 valence electrons. The van der Waals surface area contributed by atoms with Gasteiger partial charge in [-0.2, -0.15) is 0 Å². The number of carbonyl (C=O) groups is 3. The van der Waals surface area contributed by atoms with Crippen LogP contribution < -0.4 is 5.32 Å². The lowest BCUT2D eigenvalue weighted by molar-refractivity contribution is -0.141. The summed E-state index contributed by atoms with van der Waals surface area (Å²) < 4.78 is 0. The van der Waals surface area contributed by atoms with Gasteiger partial charge in [-0.3, -0.25) is 14.5 Å². The average Bonchev–Trinajstić information content (AvgIpc) is 3.21. The van der Waals surface area contributed by atoms with Crippen LogP contribution in [0.15, 0.2) is 35.7 Å². The summed E-state index contributed by atoms with van der Waals surface area (Å²) in [6.45, 7) is 5.99. The van der Waals surface area contributed by atoms with Gasteiger partial charge in [-0.15, -0.1) is 11.3 Å². The number of aryl methyl sites for hydroxylation is 1. The lowest BCUT2D eigenvalue weighted by Gasteiger charge is -2.45. The normalized spacial score (nSPS) is 16.2. The van der Waals surface area contributed by atoms with Gasteiger partial charge in [0.25, 0.3) is 5.91 Å². The molecule has 1 heterocycles. The Morgan fingerprint density at radius 3 is 2.47 bits per heavy atom. The predicted octanol–water partition coefficient (Wildman–Crippen LogP) is 5.15. The first-order valence-electron chi connectivity index (χ1n) is 12.0. The van der Waals surface area contributed by atoms with Crippen LogP contribution in [0.4, 0.5) is 4.79 Å². The molecule has 34 heavy (non-hydrogen) atoms. The van der Waals surface area contributed by atoms with Gasteiger partial charge in [0.1, 0.15) is 6.04 Å². The molecule has 2 atom stereocenters. The van der Waals surface area contributed by atoms with Crippen LogP contribution in [0.1, 0.15) is 74.7 Å². The largest absolute Gasteiger partial charge is 0.465 e. The van der Waals surface area contributed by atoms with Gasteiger partial charge in [0.2, 0.25) is 5.78 Å². The predicted molar refractivity (Wildman–Crippen MR) is 133 cm³/mol. The standard InChI is InChI=1S/C26H35N3O4S/c1-4-5-12-21(23(30)24(31)28-19(3)20-10-7-6-8-11-20)29(25(32)33)17-26(13-9-14-26)15-22-27-18(2)16-34-22/h6-8,10-11,16,19,21H,4-5,9,12-15,17H2,1-3H3,(H,28,31)(H,32,33)/t19-,21+/m1/s1. The van der Waals surface area contributed by atoms with E-state index in [4.69, 9.17) is 0 Å². The van der Waals surface area contributed by atoms with E-state index in [1.807, 2.05) is 56.5 Å². The third kappa shape index (κ3) is 6.44. The molecule has 2 amide bonds. The smallest absolute Gasteiger partial charge is 0.407 e. The molecule has 7 nitrogen and oxygen atoms in total. The summed E-state index contributed by atoms with van der Waals surface area (Å²) in [4.78, 5) is 44.4. The number of rotatable bonds is 12. The fourth-order valence-electron chi connectivity index (χ4n) is 4.61. The zero-order valence-electron chi connectivity index (χ0n) is 20.3. The summed E-state index contributed by atoms with van der Waals surface area (Å²) in [7, 11) is 0. The van der Waals surface area contributed by atoms with Crippen LogP contribution in [0.5, 0.6) is 0 Å². The molecule has 0 unspecified atom stereocenters. The van der Waals surface area contributed by atoms with Crippen LogP contribution in [0.2, 0.25) is 0 Å². The van der Waals surface area contributed by atoms with Crippen molar-refractivity contribution >= 4 is 29.1 Å². The van der Waals surface area contributed by atoms with Crippen LogP contribution in [0.3, 0.4) is 0 Å². The van der Waals surface area contributed by atoms with Crippen molar-refractivity contribution < 1.29 is 19.5 Å². The minimum Gasteiger partial charge on any atom is -0.465 e. The Morgan fingerprint density at radius 1 is 1.24 bits per heavy atom. The fourth-order valence-corrected chi connectivity index (χ4v) is 5.56. The van der Waals surface area contributed by atoms with Gasteiger partial charge in [0.15, 0.2) is 0 Å². The summed E-state index contributed by atoms with van der Waals surface area (Å²) in [5, 5.41) is 15.9. The number of carboxylic acid groups (broad SMARTS) is 1. The second-order valence-electron chi connectivity index (χ2n) is 9.45. The van der Waals surface area contributed by atoms with E-state index in [1.165, 1.54) is 4.90 Å². The van der Waals surface area contributed by atoms with Gasteiger partial charge in [-0.1, -0.05) is 56.5 Å². The van der Waals surface area contributed by atoms with E-state index in [0.29, 0.717) is 19.3 Å². The van der Waals surface area contributed by atoms with Gasteiger partial charge in [0, 0.05) is 24.0 Å². The van der Waals surface area contributed by atoms with Crippen LogP contribution in [-0.2, 0) is 16.0 Å². The quantitative estimate of drug-likeness (QED) is 0.405. The molecule has 1 saturated carbocycles. The molecular weight excluding hydrogens is 450 g/mol. The SMILES string of the molecule is CCCC[C@@H](C(=O)C(=O)N[C@H](C)c1ccccc1)N(CC1(Cc2nc(C)cs2)CCC1)C(=O)O. The Labute approximate surface area is 205 Å². The molecule has 3 rings (SSSR count). The van der Waals surface area contributed by atoms with Crippen molar-refractivity contribution in [2.45, 2.75) is 77.8 Å². The van der Waals surface area contributed by atoms with Crippen LogP contribution in [-0.4, -0.2) is 45.4 Å². The number of nitrogens with one attached hydrogen (secondary N) is 1. The molecule has 0 aliphatic heterocycles. The highest BCUT2D eigenvalue weighted by Crippen LogP contribution is 2.45. The van der Waals surface area contributed by atoms with Crippen LogP contribution in [0, 0.1) is 12.3 Å². The van der Waals surface area contributed by atoms with Crippen LogP contribution in [0.25, 0.3) is 0 Å². The monoisotopic (exact) mass is 485 g/mol. The Balaban J connectivity index is 1.77. The highest BCUT2D eigenvalue weighted by Gasteiger charge is 2.44. The molecule has 0 spiro atoms. The van der Waals surface area contributed by atoms with E-state index in [-0.39, 0.29) is 18.0 Å². The number of carbonyl (C=O) groups excluding carboxylic acids is 2. The lowest BCUT2D eigenvalue weighted by Crippen LogP contribution is -2.55. The van der Waals surface area contributed by atoms with Crippen molar-refractivity contribution in [3.05, 3.63) is 52.0 Å². The molecule has 1 fully saturated rings. The van der Waals surface area contributed by atoms with Crippen molar-refractivity contribution in [2.75, 3.05) is 6.54 Å². The second kappa shape index (κ2) is 11.6. The number of unbranched alkanes of at least 4 members (excludes halogenated alkanes) is 1. The van der Waals surface area contributed by atoms with Gasteiger partial charge >= 0.3 is 6.09 Å². The number of Topliss-reactive ketones (excluding diaryl/α,β-unsaturated/α-hetero) is 1. The molecule has 8 heteroatoms. The number of hydrogen-bond acceptors (Lipinski definition) is 5. The van der Waals surface area contributed by atoms with Crippen molar-refractivity contribution in [3.8, 4) is 0 Å². The first-order chi connectivity index (χ1) is 16.2. The third-order valence-corrected chi connectivity index (χ3v) is 7.71. The van der Waals surface area contributed by atoms with E-state index in [0.717, 1.165) is 41.9 Å². The lowest BCUT2D eigenvalue weighted by atomic mass is 9.66. The van der Waals surface area contributed by atoms with Crippen molar-refractivity contribution in [1.82, 2.24) is 15.2 Å². The first kappa shape index (κ1) is 25.9. The third-order valence-electron chi connectivity index (χ3n) is 6.74. The Hall–Kier alpha value is -2.74. The van der Waals surface area contributed by atoms with Crippen molar-refractivity contribution in [3.63, 3.8) is 0 Å². The fraction of sp³-hybridized carbons (Fsp3) is 0.538. The van der Waals surface area contributed by atoms with Crippen molar-refractivity contribution in [1.29, 1.82) is 0 Å². The molecule has 1 aliphatic carbocycles. The summed E-state index contributed by atoms with van der Waals surface area (Å²) in [6, 6.07) is 8.06. The number of ketones is 1. The minimum absolute atomic E-state index is 0.235. The van der Waals surface area contributed by atoms with Crippen molar-refractivity contribution in [2.24, 2.45) is 5.41 Å². The molecule has 2 N–H and O–H groups in total. The second-order valence-corrected chi connectivity index (χ2v) is 10.4. The molecular formula is C26H35N3O4S. The van der Waals surface area contributed by atoms with E-state index < -0.39 is 23.8 Å². The topological polar surface area (TPSA) is 99.6 Å². The van der Waals surface area contributed by atoms with Gasteiger partial charge in [0.05, 0.1) is 11.0 Å². The average molecular weight is 486 g/mol. The molecule has 1 aromatic carbocycles. The Kier molecular flexibility index (Phi) is 8.83. The molecule has 0 radical (unpaired) electrons. The highest BCUT2D eigenvalue weighted by atomic mass is 32.1. The van der Waals surface area contributed by atoms with E-state index in [2.05, 4.69) is 10.3 Å². The number of amides is 2. The molecule has 1 aliphatic rings. The van der Waals surface area contributed by atoms with Gasteiger partial charge in [-0.05, 0) is 44.1 Å². The molecule has 2 aromatic rings. The maximum Gasteiger partial charge on any atom is 0.407 e. The number of aromatic nitrogens is 1. The molecule has 0 saturated heterocycles. The van der Waals surface area contributed by atoms with Crippen LogP contribution >= 0.6 is 11.3 Å². The molecule has 0 bridgehead atoms. The summed E-state index contributed by atoms with van der Waals surface area (Å²) >= 11 is 1.59. The maximum absolute atomic E-state index is 13.3. The highest BCUT2D eigenvalue weighted by molar-refractivity contribution is 7.09. The maximum atomic E-state index is 13.3. The zero-order valence-corrected chi connectivity index (χ0v) is 21.1. The number of hydrogen-bond donors (Lipinski definition) is 2. The van der Waals surface area contributed by atoms with E-state index >= 15 is 0 Å². The van der Waals surface area contributed by atoms with E-state index in [9.17, 15) is 19.5 Å². The number of nitrogens with zero attached hydrogens (tertiary/aromatic N) is 2. The summed E-state index contributed by atoms with van der Waals surface area (Å²) in [6.07, 6.45) is 4.16. The number of thiazole rings is 1.